The number of carbonyl (C=O) groups is 2. The van der Waals surface area contributed by atoms with E-state index in [1.807, 2.05) is 12.1 Å². The van der Waals surface area contributed by atoms with Crippen LogP contribution in [0.15, 0.2) is 60.7 Å². The van der Waals surface area contributed by atoms with Crippen LogP contribution in [0.4, 0.5) is 0 Å². The molecule has 2 aromatic rings. The van der Waals surface area contributed by atoms with E-state index in [1.165, 1.54) is 0 Å². The lowest BCUT2D eigenvalue weighted by atomic mass is 9.90. The highest BCUT2D eigenvalue weighted by Crippen LogP contribution is 2.32. The predicted octanol–water partition coefficient (Wildman–Crippen LogP) is 3.71. The van der Waals surface area contributed by atoms with E-state index in [9.17, 15) is 9.59 Å². The Labute approximate surface area is 136 Å². The normalized spacial score (nSPS) is 13.0. The van der Waals surface area contributed by atoms with Gasteiger partial charge in [-0.25, -0.2) is 9.59 Å². The molecule has 2 rings (SSSR count). The van der Waals surface area contributed by atoms with Crippen LogP contribution in [0.5, 0.6) is 0 Å². The molecule has 120 valence electrons. The number of carbonyl (C=O) groups excluding carboxylic acids is 2. The average Bonchev–Trinajstić information content (AvgIpc) is 2.61. The molecule has 0 fully saturated rings. The summed E-state index contributed by atoms with van der Waals surface area (Å²) in [5.41, 5.74) is -0.444. The first kappa shape index (κ1) is 16.7. The van der Waals surface area contributed by atoms with Gasteiger partial charge in [-0.1, -0.05) is 55.5 Å². The van der Waals surface area contributed by atoms with E-state index in [2.05, 4.69) is 0 Å². The summed E-state index contributed by atoms with van der Waals surface area (Å²) >= 11 is 0. The van der Waals surface area contributed by atoms with Gasteiger partial charge in [0.2, 0.25) is 5.60 Å². The van der Waals surface area contributed by atoms with E-state index in [-0.39, 0.29) is 13.0 Å². The first-order valence-electron chi connectivity index (χ1n) is 7.65. The largest absolute Gasteiger partial charge is 0.463 e. The summed E-state index contributed by atoms with van der Waals surface area (Å²) in [4.78, 5) is 25.0. The molecule has 0 radical (unpaired) electrons. The number of ether oxygens (including phenoxy) is 2. The van der Waals surface area contributed by atoms with Crippen LogP contribution in [-0.2, 0) is 19.9 Å². The molecule has 0 N–H and O–H groups in total. The molecular formula is C19H20O4. The highest BCUT2D eigenvalue weighted by molar-refractivity contribution is 5.93. The van der Waals surface area contributed by atoms with Gasteiger partial charge in [-0.3, -0.25) is 0 Å². The molecule has 0 bridgehead atoms. The van der Waals surface area contributed by atoms with E-state index in [0.29, 0.717) is 11.1 Å². The SMILES string of the molecule is CCOC(=O)C(CC)(OC(=O)c1ccccc1)c1ccccc1. The minimum Gasteiger partial charge on any atom is -0.463 e. The summed E-state index contributed by atoms with van der Waals surface area (Å²) in [6, 6.07) is 17.6. The Morgan fingerprint density at radius 2 is 1.48 bits per heavy atom. The number of hydrogen-bond donors (Lipinski definition) is 0. The molecule has 0 saturated heterocycles. The average molecular weight is 312 g/mol. The molecule has 1 atom stereocenters. The zero-order valence-corrected chi connectivity index (χ0v) is 13.3. The Balaban J connectivity index is 2.41. The predicted molar refractivity (Wildman–Crippen MR) is 86.9 cm³/mol. The van der Waals surface area contributed by atoms with Gasteiger partial charge in [0.15, 0.2) is 0 Å². The number of rotatable bonds is 6. The number of esters is 2. The standard InChI is InChI=1S/C19H20O4/c1-3-19(18(21)22-4-2,16-13-9-6-10-14-16)23-17(20)15-11-7-5-8-12-15/h5-14H,3-4H2,1-2H3. The fourth-order valence-corrected chi connectivity index (χ4v) is 2.39. The van der Waals surface area contributed by atoms with Gasteiger partial charge < -0.3 is 9.47 Å². The maximum atomic E-state index is 12.6. The van der Waals surface area contributed by atoms with Crippen molar-refractivity contribution < 1.29 is 19.1 Å². The molecule has 0 saturated carbocycles. The molecule has 0 amide bonds. The molecule has 0 heterocycles. The molecule has 4 nitrogen and oxygen atoms in total. The topological polar surface area (TPSA) is 52.6 Å². The van der Waals surface area contributed by atoms with Crippen molar-refractivity contribution >= 4 is 11.9 Å². The molecule has 0 aliphatic carbocycles. The fourth-order valence-electron chi connectivity index (χ4n) is 2.39. The van der Waals surface area contributed by atoms with Crippen molar-refractivity contribution in [3.8, 4) is 0 Å². The van der Waals surface area contributed by atoms with Crippen LogP contribution < -0.4 is 0 Å². The van der Waals surface area contributed by atoms with Crippen molar-refractivity contribution in [1.82, 2.24) is 0 Å². The third kappa shape index (κ3) is 3.59. The second-order valence-corrected chi connectivity index (χ2v) is 5.02. The highest BCUT2D eigenvalue weighted by atomic mass is 16.6. The minimum atomic E-state index is -1.44. The lowest BCUT2D eigenvalue weighted by Crippen LogP contribution is -2.41. The Kier molecular flexibility index (Phi) is 5.52. The van der Waals surface area contributed by atoms with Crippen molar-refractivity contribution in [2.24, 2.45) is 0 Å². The van der Waals surface area contributed by atoms with E-state index in [4.69, 9.17) is 9.47 Å². The summed E-state index contributed by atoms with van der Waals surface area (Å²) in [7, 11) is 0. The third-order valence-corrected chi connectivity index (χ3v) is 3.62. The molecule has 1 unspecified atom stereocenters. The fraction of sp³-hybridized carbons (Fsp3) is 0.263. The number of benzene rings is 2. The van der Waals surface area contributed by atoms with Crippen LogP contribution in [0.1, 0.15) is 36.2 Å². The molecule has 0 aliphatic heterocycles. The second-order valence-electron chi connectivity index (χ2n) is 5.02. The van der Waals surface area contributed by atoms with Crippen molar-refractivity contribution in [2.75, 3.05) is 6.61 Å². The Bertz CT molecular complexity index is 652. The quantitative estimate of drug-likeness (QED) is 0.763. The third-order valence-electron chi connectivity index (χ3n) is 3.62. The van der Waals surface area contributed by atoms with Gasteiger partial charge in [0.25, 0.3) is 0 Å². The summed E-state index contributed by atoms with van der Waals surface area (Å²) in [5, 5.41) is 0. The van der Waals surface area contributed by atoms with Crippen molar-refractivity contribution in [3.63, 3.8) is 0 Å². The lowest BCUT2D eigenvalue weighted by Gasteiger charge is -2.30. The smallest absolute Gasteiger partial charge is 0.355 e. The van der Waals surface area contributed by atoms with Crippen molar-refractivity contribution in [3.05, 3.63) is 71.8 Å². The van der Waals surface area contributed by atoms with Crippen LogP contribution in [-0.4, -0.2) is 18.5 Å². The van der Waals surface area contributed by atoms with Gasteiger partial charge in [-0.05, 0) is 25.5 Å². The van der Waals surface area contributed by atoms with Crippen molar-refractivity contribution in [1.29, 1.82) is 0 Å². The Morgan fingerprint density at radius 3 is 2.00 bits per heavy atom. The van der Waals surface area contributed by atoms with Gasteiger partial charge in [-0.2, -0.15) is 0 Å². The summed E-state index contributed by atoms with van der Waals surface area (Å²) in [6.45, 7) is 3.74. The zero-order chi connectivity index (χ0) is 16.7. The van der Waals surface area contributed by atoms with Gasteiger partial charge in [-0.15, -0.1) is 0 Å². The molecular weight excluding hydrogens is 292 g/mol. The second kappa shape index (κ2) is 7.58. The van der Waals surface area contributed by atoms with Crippen LogP contribution in [0.25, 0.3) is 0 Å². The molecule has 23 heavy (non-hydrogen) atoms. The summed E-state index contributed by atoms with van der Waals surface area (Å²) in [5.74, 6) is -1.11. The molecule has 0 spiro atoms. The van der Waals surface area contributed by atoms with E-state index >= 15 is 0 Å². The first-order valence-corrected chi connectivity index (χ1v) is 7.65. The van der Waals surface area contributed by atoms with Crippen LogP contribution in [0, 0.1) is 0 Å². The van der Waals surface area contributed by atoms with E-state index in [0.717, 1.165) is 0 Å². The monoisotopic (exact) mass is 312 g/mol. The maximum Gasteiger partial charge on any atom is 0.355 e. The van der Waals surface area contributed by atoms with Crippen LogP contribution in [0.3, 0.4) is 0 Å². The minimum absolute atomic E-state index is 0.219. The van der Waals surface area contributed by atoms with Crippen LogP contribution >= 0.6 is 0 Å². The van der Waals surface area contributed by atoms with Gasteiger partial charge >= 0.3 is 11.9 Å². The summed E-state index contributed by atoms with van der Waals surface area (Å²) < 4.78 is 10.8. The maximum absolute atomic E-state index is 12.6. The van der Waals surface area contributed by atoms with Gasteiger partial charge in [0.1, 0.15) is 0 Å². The highest BCUT2D eigenvalue weighted by Gasteiger charge is 2.44. The molecule has 4 heteroatoms. The lowest BCUT2D eigenvalue weighted by molar-refractivity contribution is -0.167. The van der Waals surface area contributed by atoms with Gasteiger partial charge in [0.05, 0.1) is 12.2 Å². The molecule has 0 aliphatic rings. The number of hydrogen-bond acceptors (Lipinski definition) is 4. The summed E-state index contributed by atoms with van der Waals surface area (Å²) in [6.07, 6.45) is 0.286. The van der Waals surface area contributed by atoms with Crippen molar-refractivity contribution in [2.45, 2.75) is 25.9 Å². The van der Waals surface area contributed by atoms with Gasteiger partial charge in [0, 0.05) is 5.56 Å². The van der Waals surface area contributed by atoms with Crippen LogP contribution in [0.2, 0.25) is 0 Å². The Hall–Kier alpha value is -2.62. The van der Waals surface area contributed by atoms with E-state index < -0.39 is 17.5 Å². The molecule has 2 aromatic carbocycles. The first-order chi connectivity index (χ1) is 11.1. The Morgan fingerprint density at radius 1 is 0.913 bits per heavy atom. The van der Waals surface area contributed by atoms with E-state index in [1.54, 1.807) is 62.4 Å². The molecule has 0 aromatic heterocycles. The zero-order valence-electron chi connectivity index (χ0n) is 13.3.